The molecule has 0 radical (unpaired) electrons. The average Bonchev–Trinajstić information content (AvgIpc) is 2.66. The molecule has 0 aliphatic heterocycles. The molecule has 2 atom stereocenters. The Morgan fingerprint density at radius 1 is 1.35 bits per heavy atom. The van der Waals surface area contributed by atoms with Crippen LogP contribution in [-0.4, -0.2) is 5.54 Å². The molecule has 2 N–H and O–H groups in total. The van der Waals surface area contributed by atoms with E-state index in [1.807, 2.05) is 0 Å². The summed E-state index contributed by atoms with van der Waals surface area (Å²) >= 11 is 0. The van der Waals surface area contributed by atoms with Crippen LogP contribution < -0.4 is 5.73 Å². The van der Waals surface area contributed by atoms with Crippen LogP contribution in [0.1, 0.15) is 38.2 Å². The van der Waals surface area contributed by atoms with Gasteiger partial charge < -0.3 is 5.73 Å². The number of nitrogens with two attached hydrogens (primary N) is 1. The molecule has 3 heteroatoms. The lowest BCUT2D eigenvalue weighted by atomic mass is 9.88. The Morgan fingerprint density at radius 3 is 2.53 bits per heavy atom. The number of halogens is 2. The molecule has 0 amide bonds. The molecule has 1 fully saturated rings. The van der Waals surface area contributed by atoms with Gasteiger partial charge in [-0.05, 0) is 43.7 Å². The largest absolute Gasteiger partial charge is 0.325 e. The fourth-order valence-corrected chi connectivity index (χ4v) is 2.83. The van der Waals surface area contributed by atoms with Crippen LogP contribution in [0.2, 0.25) is 0 Å². The maximum absolute atomic E-state index is 13.6. The Bertz CT molecular complexity index is 385. The van der Waals surface area contributed by atoms with Crippen LogP contribution in [0.25, 0.3) is 0 Å². The first kappa shape index (κ1) is 12.5. The van der Waals surface area contributed by atoms with Crippen LogP contribution in [0.15, 0.2) is 18.2 Å². The predicted octanol–water partition coefficient (Wildman–Crippen LogP) is 3.41. The highest BCUT2D eigenvalue weighted by atomic mass is 19.1. The SMILES string of the molecule is CCC1CCC(N)(Cc2c(F)cccc2F)C1. The van der Waals surface area contributed by atoms with Gasteiger partial charge in [-0.15, -0.1) is 0 Å². The van der Waals surface area contributed by atoms with E-state index in [0.29, 0.717) is 12.3 Å². The van der Waals surface area contributed by atoms with E-state index in [2.05, 4.69) is 6.92 Å². The lowest BCUT2D eigenvalue weighted by Gasteiger charge is -2.24. The van der Waals surface area contributed by atoms with Crippen LogP contribution in [0.5, 0.6) is 0 Å². The van der Waals surface area contributed by atoms with E-state index in [0.717, 1.165) is 25.7 Å². The van der Waals surface area contributed by atoms with Crippen molar-refractivity contribution in [2.75, 3.05) is 0 Å². The van der Waals surface area contributed by atoms with E-state index in [4.69, 9.17) is 5.73 Å². The Labute approximate surface area is 101 Å². The van der Waals surface area contributed by atoms with Crippen LogP contribution in [-0.2, 0) is 6.42 Å². The molecule has 0 bridgehead atoms. The fraction of sp³-hybridized carbons (Fsp3) is 0.571. The first-order valence-corrected chi connectivity index (χ1v) is 6.26. The van der Waals surface area contributed by atoms with Gasteiger partial charge in [0.2, 0.25) is 0 Å². The topological polar surface area (TPSA) is 26.0 Å². The zero-order valence-corrected chi connectivity index (χ0v) is 10.2. The molecule has 1 aromatic rings. The molecule has 1 aliphatic rings. The van der Waals surface area contributed by atoms with Crippen LogP contribution in [0.3, 0.4) is 0 Å². The number of hydrogen-bond acceptors (Lipinski definition) is 1. The van der Waals surface area contributed by atoms with Gasteiger partial charge >= 0.3 is 0 Å². The molecule has 1 aliphatic carbocycles. The molecule has 0 saturated heterocycles. The van der Waals surface area contributed by atoms with Gasteiger partial charge in [-0.3, -0.25) is 0 Å². The summed E-state index contributed by atoms with van der Waals surface area (Å²) in [6.07, 6.45) is 4.21. The van der Waals surface area contributed by atoms with Gasteiger partial charge in [0.1, 0.15) is 11.6 Å². The first-order valence-electron chi connectivity index (χ1n) is 6.26. The molecule has 0 heterocycles. The molecule has 1 aromatic carbocycles. The van der Waals surface area contributed by atoms with E-state index in [1.54, 1.807) is 0 Å². The van der Waals surface area contributed by atoms with Crippen molar-refractivity contribution in [3.8, 4) is 0 Å². The Kier molecular flexibility index (Phi) is 3.48. The average molecular weight is 239 g/mol. The first-order chi connectivity index (χ1) is 8.04. The molecule has 0 spiro atoms. The maximum Gasteiger partial charge on any atom is 0.129 e. The quantitative estimate of drug-likeness (QED) is 0.859. The molecular weight excluding hydrogens is 220 g/mol. The molecular formula is C14H19F2N. The van der Waals surface area contributed by atoms with Crippen molar-refractivity contribution in [1.82, 2.24) is 0 Å². The van der Waals surface area contributed by atoms with Crippen molar-refractivity contribution < 1.29 is 8.78 Å². The van der Waals surface area contributed by atoms with E-state index in [9.17, 15) is 8.78 Å². The number of hydrogen-bond donors (Lipinski definition) is 1. The van der Waals surface area contributed by atoms with E-state index < -0.39 is 17.2 Å². The molecule has 1 saturated carbocycles. The molecule has 1 nitrogen and oxygen atoms in total. The molecule has 2 unspecified atom stereocenters. The van der Waals surface area contributed by atoms with Crippen molar-refractivity contribution in [2.45, 2.75) is 44.6 Å². The summed E-state index contributed by atoms with van der Waals surface area (Å²) in [5.74, 6) is -0.348. The minimum absolute atomic E-state index is 0.145. The van der Waals surface area contributed by atoms with Gasteiger partial charge in [-0.2, -0.15) is 0 Å². The molecule has 94 valence electrons. The van der Waals surface area contributed by atoms with E-state index in [-0.39, 0.29) is 5.56 Å². The van der Waals surface area contributed by atoms with Crippen molar-refractivity contribution >= 4 is 0 Å². The predicted molar refractivity (Wildman–Crippen MR) is 64.6 cm³/mol. The Morgan fingerprint density at radius 2 is 2.00 bits per heavy atom. The van der Waals surface area contributed by atoms with Crippen molar-refractivity contribution in [3.63, 3.8) is 0 Å². The zero-order valence-electron chi connectivity index (χ0n) is 10.2. The monoisotopic (exact) mass is 239 g/mol. The van der Waals surface area contributed by atoms with Crippen LogP contribution in [0, 0.1) is 17.6 Å². The van der Waals surface area contributed by atoms with Gasteiger partial charge in [0.05, 0.1) is 0 Å². The van der Waals surface area contributed by atoms with Crippen LogP contribution in [0.4, 0.5) is 8.78 Å². The second kappa shape index (κ2) is 4.73. The fourth-order valence-electron chi connectivity index (χ4n) is 2.83. The van der Waals surface area contributed by atoms with Crippen molar-refractivity contribution in [1.29, 1.82) is 0 Å². The Hall–Kier alpha value is -0.960. The highest BCUT2D eigenvalue weighted by Crippen LogP contribution is 2.37. The summed E-state index contributed by atoms with van der Waals surface area (Å²) in [7, 11) is 0. The van der Waals surface area contributed by atoms with Gasteiger partial charge in [0, 0.05) is 11.1 Å². The third kappa shape index (κ3) is 2.65. The second-order valence-electron chi connectivity index (χ2n) is 5.26. The molecule has 17 heavy (non-hydrogen) atoms. The third-order valence-electron chi connectivity index (χ3n) is 3.91. The highest BCUT2D eigenvalue weighted by molar-refractivity contribution is 5.22. The van der Waals surface area contributed by atoms with Crippen molar-refractivity contribution in [2.24, 2.45) is 11.7 Å². The second-order valence-corrected chi connectivity index (χ2v) is 5.26. The standard InChI is InChI=1S/C14H19F2N/c1-2-10-6-7-14(17,8-10)9-11-12(15)4-3-5-13(11)16/h3-5,10H,2,6-9,17H2,1H3. The van der Waals surface area contributed by atoms with Gasteiger partial charge in [0.25, 0.3) is 0 Å². The molecule has 0 aromatic heterocycles. The Balaban J connectivity index is 2.16. The normalized spacial score (nSPS) is 28.6. The summed E-state index contributed by atoms with van der Waals surface area (Å²) in [6, 6.07) is 3.99. The van der Waals surface area contributed by atoms with Crippen molar-refractivity contribution in [3.05, 3.63) is 35.4 Å². The maximum atomic E-state index is 13.6. The minimum atomic E-state index is -0.477. The van der Waals surface area contributed by atoms with E-state index >= 15 is 0 Å². The lowest BCUT2D eigenvalue weighted by molar-refractivity contribution is 0.392. The lowest BCUT2D eigenvalue weighted by Crippen LogP contribution is -2.39. The van der Waals surface area contributed by atoms with Crippen LogP contribution >= 0.6 is 0 Å². The number of rotatable bonds is 3. The third-order valence-corrected chi connectivity index (χ3v) is 3.91. The van der Waals surface area contributed by atoms with Gasteiger partial charge in [-0.1, -0.05) is 19.4 Å². The van der Waals surface area contributed by atoms with E-state index in [1.165, 1.54) is 18.2 Å². The van der Waals surface area contributed by atoms with Gasteiger partial charge in [0.15, 0.2) is 0 Å². The summed E-state index contributed by atoms with van der Waals surface area (Å²) in [4.78, 5) is 0. The van der Waals surface area contributed by atoms with Gasteiger partial charge in [-0.25, -0.2) is 8.78 Å². The smallest absolute Gasteiger partial charge is 0.129 e. The summed E-state index contributed by atoms with van der Waals surface area (Å²) in [6.45, 7) is 2.14. The summed E-state index contributed by atoms with van der Waals surface area (Å²) in [5.41, 5.74) is 5.98. The number of benzene rings is 1. The summed E-state index contributed by atoms with van der Waals surface area (Å²) < 4.78 is 27.1. The molecule has 2 rings (SSSR count). The zero-order chi connectivity index (χ0) is 12.5. The minimum Gasteiger partial charge on any atom is -0.325 e. The summed E-state index contributed by atoms with van der Waals surface area (Å²) in [5, 5.41) is 0. The highest BCUT2D eigenvalue weighted by Gasteiger charge is 2.36.